The normalized spacial score (nSPS) is 15.2. The number of ether oxygens (including phenoxy) is 1. The Morgan fingerprint density at radius 2 is 1.62 bits per heavy atom. The lowest BCUT2D eigenvalue weighted by molar-refractivity contribution is -0.142. The van der Waals surface area contributed by atoms with Crippen LogP contribution in [0.3, 0.4) is 0 Å². The van der Waals surface area contributed by atoms with E-state index in [-0.39, 0.29) is 24.5 Å². The first-order valence-electron chi connectivity index (χ1n) is 10.1. The summed E-state index contributed by atoms with van der Waals surface area (Å²) in [4.78, 5) is 27.9. The number of carbonyl (C=O) groups excluding carboxylic acids is 2. The molecular formula is C25H22N2O4S. The molecule has 0 saturated carbocycles. The van der Waals surface area contributed by atoms with Crippen molar-refractivity contribution < 1.29 is 18.7 Å². The summed E-state index contributed by atoms with van der Waals surface area (Å²) in [5, 5.41) is 0.408. The molecule has 1 amide bonds. The molecule has 32 heavy (non-hydrogen) atoms. The Morgan fingerprint density at radius 1 is 1.03 bits per heavy atom. The number of carbonyl (C=O) groups is 2. The average Bonchev–Trinajstić information content (AvgIpc) is 3.34. The van der Waals surface area contributed by atoms with Crippen molar-refractivity contribution in [1.82, 2.24) is 9.80 Å². The third-order valence-electron chi connectivity index (χ3n) is 5.16. The Labute approximate surface area is 191 Å². The first-order valence-corrected chi connectivity index (χ1v) is 10.5. The number of rotatable bonds is 6. The third-order valence-corrected chi connectivity index (χ3v) is 5.63. The van der Waals surface area contributed by atoms with Gasteiger partial charge in [0.25, 0.3) is 5.91 Å². The van der Waals surface area contributed by atoms with Crippen LogP contribution in [0.4, 0.5) is 0 Å². The minimum absolute atomic E-state index is 0.0386. The molecule has 1 fully saturated rings. The zero-order chi connectivity index (χ0) is 22.7. The fourth-order valence-electron chi connectivity index (χ4n) is 3.62. The van der Waals surface area contributed by atoms with Crippen molar-refractivity contribution in [3.8, 4) is 0 Å². The predicted molar refractivity (Wildman–Crippen MR) is 124 cm³/mol. The van der Waals surface area contributed by atoms with Crippen LogP contribution in [0.2, 0.25) is 0 Å². The van der Waals surface area contributed by atoms with Gasteiger partial charge in [-0.25, -0.2) is 0 Å². The van der Waals surface area contributed by atoms with E-state index in [2.05, 4.69) is 0 Å². The van der Waals surface area contributed by atoms with Crippen LogP contribution in [0, 0.1) is 0 Å². The van der Waals surface area contributed by atoms with Gasteiger partial charge in [-0.2, -0.15) is 0 Å². The highest BCUT2D eigenvalue weighted by Crippen LogP contribution is 2.35. The maximum atomic E-state index is 13.6. The van der Waals surface area contributed by atoms with E-state index in [4.69, 9.17) is 21.4 Å². The first kappa shape index (κ1) is 21.5. The van der Waals surface area contributed by atoms with Crippen molar-refractivity contribution in [2.45, 2.75) is 19.6 Å². The highest BCUT2D eigenvalue weighted by Gasteiger charge is 2.41. The number of likely N-dealkylation sites (N-methyl/N-ethyl adjacent to an activating group) is 1. The Balaban J connectivity index is 1.68. The fraction of sp³-hybridized carbons (Fsp3) is 0.160. The summed E-state index contributed by atoms with van der Waals surface area (Å²) in [5.74, 6) is 0.364. The van der Waals surface area contributed by atoms with Crippen molar-refractivity contribution in [2.24, 2.45) is 0 Å². The smallest absolute Gasteiger partial charge is 0.303 e. The zero-order valence-electron chi connectivity index (χ0n) is 17.7. The fourth-order valence-corrected chi connectivity index (χ4v) is 3.91. The number of furan rings is 1. The van der Waals surface area contributed by atoms with Crippen LogP contribution in [-0.4, -0.2) is 33.8 Å². The molecule has 0 radical (unpaired) electrons. The van der Waals surface area contributed by atoms with E-state index < -0.39 is 0 Å². The second-order valence-electron chi connectivity index (χ2n) is 7.35. The molecule has 1 aromatic heterocycles. The largest absolute Gasteiger partial charge is 0.458 e. The van der Waals surface area contributed by atoms with Crippen molar-refractivity contribution >= 4 is 35.3 Å². The number of benzene rings is 2. The topological polar surface area (TPSA) is 63.0 Å². The Kier molecular flexibility index (Phi) is 6.18. The number of amides is 1. The molecule has 0 N–H and O–H groups in total. The molecule has 1 aliphatic heterocycles. The van der Waals surface area contributed by atoms with Gasteiger partial charge in [0, 0.05) is 20.0 Å². The van der Waals surface area contributed by atoms with Gasteiger partial charge in [0.05, 0.1) is 6.04 Å². The van der Waals surface area contributed by atoms with Crippen molar-refractivity contribution in [3.05, 3.63) is 101 Å². The lowest BCUT2D eigenvalue weighted by atomic mass is 9.97. The first-order chi connectivity index (χ1) is 15.5. The summed E-state index contributed by atoms with van der Waals surface area (Å²) in [6, 6.07) is 22.7. The van der Waals surface area contributed by atoms with Crippen LogP contribution >= 0.6 is 12.2 Å². The van der Waals surface area contributed by atoms with Gasteiger partial charge in [-0.15, -0.1) is 0 Å². The summed E-state index contributed by atoms with van der Waals surface area (Å²) < 4.78 is 10.7. The molecule has 2 heterocycles. The molecule has 1 aliphatic rings. The maximum absolute atomic E-state index is 13.6. The van der Waals surface area contributed by atoms with Crippen LogP contribution in [0.25, 0.3) is 6.08 Å². The quantitative estimate of drug-likeness (QED) is 0.315. The van der Waals surface area contributed by atoms with E-state index in [9.17, 15) is 9.59 Å². The number of thiocarbonyl (C=S) groups is 1. The molecule has 3 aromatic rings. The number of hydrogen-bond donors (Lipinski definition) is 0. The van der Waals surface area contributed by atoms with Gasteiger partial charge >= 0.3 is 5.97 Å². The molecule has 6 nitrogen and oxygen atoms in total. The molecule has 162 valence electrons. The van der Waals surface area contributed by atoms with Crippen LogP contribution in [0.15, 0.2) is 82.9 Å². The third kappa shape index (κ3) is 4.33. The average molecular weight is 447 g/mol. The van der Waals surface area contributed by atoms with E-state index in [1.165, 1.54) is 6.92 Å². The predicted octanol–water partition coefficient (Wildman–Crippen LogP) is 4.53. The SMILES string of the molecule is CC(=O)OCc1ccc(C=C2C(=O)N(C(c3ccccc3)c3ccccc3)C(=S)N2C)o1. The molecular weight excluding hydrogens is 424 g/mol. The summed E-state index contributed by atoms with van der Waals surface area (Å²) in [7, 11) is 1.77. The maximum Gasteiger partial charge on any atom is 0.303 e. The highest BCUT2D eigenvalue weighted by molar-refractivity contribution is 7.80. The van der Waals surface area contributed by atoms with Gasteiger partial charge in [0.1, 0.15) is 23.8 Å². The summed E-state index contributed by atoms with van der Waals surface area (Å²) in [6.45, 7) is 1.38. The van der Waals surface area contributed by atoms with Crippen molar-refractivity contribution in [2.75, 3.05) is 7.05 Å². The Hall–Kier alpha value is -3.71. The zero-order valence-corrected chi connectivity index (χ0v) is 18.5. The molecule has 7 heteroatoms. The number of esters is 1. The summed E-state index contributed by atoms with van der Waals surface area (Å²) in [6.07, 6.45) is 1.65. The number of hydrogen-bond acceptors (Lipinski definition) is 5. The lowest BCUT2D eigenvalue weighted by Gasteiger charge is -2.28. The molecule has 0 spiro atoms. The molecule has 2 aromatic carbocycles. The van der Waals surface area contributed by atoms with E-state index in [0.717, 1.165) is 11.1 Å². The van der Waals surface area contributed by atoms with Crippen LogP contribution in [0.5, 0.6) is 0 Å². The van der Waals surface area contributed by atoms with E-state index in [0.29, 0.717) is 22.3 Å². The standard InChI is InChI=1S/C25H22N2O4S/c1-17(28)30-16-21-14-13-20(31-21)15-22-24(29)27(25(32)26(22)2)23(18-9-5-3-6-10-18)19-11-7-4-8-12-19/h3-15,23H,16H2,1-2H3. The van der Waals surface area contributed by atoms with E-state index in [1.807, 2.05) is 60.7 Å². The Morgan fingerprint density at radius 3 is 2.19 bits per heavy atom. The molecule has 0 bridgehead atoms. The van der Waals surface area contributed by atoms with Crippen molar-refractivity contribution in [3.63, 3.8) is 0 Å². The van der Waals surface area contributed by atoms with E-state index in [1.54, 1.807) is 35.1 Å². The van der Waals surface area contributed by atoms with Gasteiger partial charge in [0.2, 0.25) is 0 Å². The molecule has 0 aliphatic carbocycles. The molecule has 4 rings (SSSR count). The van der Waals surface area contributed by atoms with Gasteiger partial charge in [-0.05, 0) is 35.5 Å². The van der Waals surface area contributed by atoms with Crippen LogP contribution < -0.4 is 0 Å². The van der Waals surface area contributed by atoms with Gasteiger partial charge in [-0.3, -0.25) is 14.5 Å². The Bertz CT molecular complexity index is 1130. The van der Waals surface area contributed by atoms with Crippen molar-refractivity contribution in [1.29, 1.82) is 0 Å². The van der Waals surface area contributed by atoms with Gasteiger partial charge in [0.15, 0.2) is 5.11 Å². The second kappa shape index (κ2) is 9.20. The minimum Gasteiger partial charge on any atom is -0.458 e. The van der Waals surface area contributed by atoms with Gasteiger partial charge in [-0.1, -0.05) is 60.7 Å². The molecule has 1 saturated heterocycles. The molecule has 0 atom stereocenters. The molecule has 0 unspecified atom stereocenters. The monoisotopic (exact) mass is 446 g/mol. The van der Waals surface area contributed by atoms with Crippen LogP contribution in [0.1, 0.15) is 35.6 Å². The summed E-state index contributed by atoms with van der Waals surface area (Å²) >= 11 is 5.69. The highest BCUT2D eigenvalue weighted by atomic mass is 32.1. The minimum atomic E-state index is -0.388. The van der Waals surface area contributed by atoms with E-state index >= 15 is 0 Å². The lowest BCUT2D eigenvalue weighted by Crippen LogP contribution is -2.35. The van der Waals surface area contributed by atoms with Gasteiger partial charge < -0.3 is 14.1 Å². The number of nitrogens with zero attached hydrogens (tertiary/aromatic N) is 2. The second-order valence-corrected chi connectivity index (χ2v) is 7.72. The summed E-state index contributed by atoms with van der Waals surface area (Å²) in [5.41, 5.74) is 2.33. The van der Waals surface area contributed by atoms with Crippen LogP contribution in [-0.2, 0) is 20.9 Å².